The fourth-order valence-electron chi connectivity index (χ4n) is 2.96. The molecule has 0 bridgehead atoms. The summed E-state index contributed by atoms with van der Waals surface area (Å²) >= 11 is 0. The Hall–Kier alpha value is -2.10. The first-order chi connectivity index (χ1) is 9.78. The normalized spacial score (nSPS) is 17.6. The molecular formula is C16H19N3O. The van der Waals surface area contributed by atoms with Crippen LogP contribution in [0.4, 0.5) is 5.69 Å². The van der Waals surface area contributed by atoms with E-state index in [9.17, 15) is 4.79 Å². The summed E-state index contributed by atoms with van der Waals surface area (Å²) in [5, 5.41) is 7.20. The van der Waals surface area contributed by atoms with Crippen LogP contribution >= 0.6 is 0 Å². The van der Waals surface area contributed by atoms with Crippen LogP contribution in [-0.4, -0.2) is 16.8 Å². The van der Waals surface area contributed by atoms with E-state index in [1.165, 1.54) is 17.5 Å². The number of nitrogens with one attached hydrogen (secondary N) is 1. The highest BCUT2D eigenvalue weighted by molar-refractivity contribution is 5.37. The van der Waals surface area contributed by atoms with Crippen molar-refractivity contribution in [2.24, 2.45) is 0 Å². The zero-order valence-corrected chi connectivity index (χ0v) is 11.7. The van der Waals surface area contributed by atoms with Gasteiger partial charge >= 0.3 is 0 Å². The van der Waals surface area contributed by atoms with Crippen LogP contribution in [0.2, 0.25) is 0 Å². The minimum absolute atomic E-state index is 0.0418. The summed E-state index contributed by atoms with van der Waals surface area (Å²) in [6, 6.07) is 10.2. The molecule has 1 aliphatic rings. The highest BCUT2D eigenvalue weighted by atomic mass is 16.1. The highest BCUT2D eigenvalue weighted by Gasteiger charge is 2.20. The molecule has 0 fully saturated rings. The second kappa shape index (κ2) is 5.49. The van der Waals surface area contributed by atoms with E-state index in [2.05, 4.69) is 34.7 Å². The van der Waals surface area contributed by atoms with Crippen molar-refractivity contribution in [1.29, 1.82) is 0 Å². The van der Waals surface area contributed by atoms with Crippen LogP contribution in [0.5, 0.6) is 0 Å². The first-order valence-electron chi connectivity index (χ1n) is 7.10. The lowest BCUT2D eigenvalue weighted by Crippen LogP contribution is -2.26. The number of nitrogens with zero attached hydrogens (tertiary/aromatic N) is 2. The maximum atomic E-state index is 12.0. The lowest BCUT2D eigenvalue weighted by Gasteiger charge is -2.25. The average molecular weight is 269 g/mol. The summed E-state index contributed by atoms with van der Waals surface area (Å²) in [6.07, 6.45) is 5.16. The van der Waals surface area contributed by atoms with E-state index >= 15 is 0 Å². The number of hydrogen-bond donors (Lipinski definition) is 1. The van der Waals surface area contributed by atoms with E-state index < -0.39 is 0 Å². The molecule has 2 aromatic rings. The summed E-state index contributed by atoms with van der Waals surface area (Å²) in [6.45, 7) is 0.667. The standard InChI is InChI=1S/C16H19N3O/c1-17-14-9-16(20)19(18-10-14)11-13-7-4-6-12-5-2-3-8-15(12)13/h2-3,5,8-10,13,17H,4,6-7,11H2,1H3. The van der Waals surface area contributed by atoms with Crippen LogP contribution < -0.4 is 10.9 Å². The molecule has 1 aromatic heterocycles. The molecule has 1 aromatic carbocycles. The molecule has 4 nitrogen and oxygen atoms in total. The Morgan fingerprint density at radius 3 is 3.05 bits per heavy atom. The van der Waals surface area contributed by atoms with Crippen molar-refractivity contribution in [1.82, 2.24) is 9.78 Å². The summed E-state index contributed by atoms with van der Waals surface area (Å²) < 4.78 is 1.58. The van der Waals surface area contributed by atoms with Gasteiger partial charge in [0.15, 0.2) is 0 Å². The van der Waals surface area contributed by atoms with Crippen molar-refractivity contribution >= 4 is 5.69 Å². The fourth-order valence-corrected chi connectivity index (χ4v) is 2.96. The summed E-state index contributed by atoms with van der Waals surface area (Å²) in [5.74, 6) is 0.394. The Bertz CT molecular complexity index is 663. The predicted octanol–water partition coefficient (Wildman–Crippen LogP) is 2.41. The maximum Gasteiger partial charge on any atom is 0.268 e. The quantitative estimate of drug-likeness (QED) is 0.930. The van der Waals surface area contributed by atoms with Gasteiger partial charge < -0.3 is 5.32 Å². The maximum absolute atomic E-state index is 12.0. The van der Waals surface area contributed by atoms with E-state index in [0.717, 1.165) is 18.5 Å². The number of benzene rings is 1. The van der Waals surface area contributed by atoms with Gasteiger partial charge in [0.25, 0.3) is 5.56 Å². The van der Waals surface area contributed by atoms with Gasteiger partial charge in [-0.15, -0.1) is 0 Å². The monoisotopic (exact) mass is 269 g/mol. The molecule has 104 valence electrons. The largest absolute Gasteiger partial charge is 0.387 e. The van der Waals surface area contributed by atoms with Crippen LogP contribution in [0.15, 0.2) is 41.3 Å². The van der Waals surface area contributed by atoms with Crippen molar-refractivity contribution in [2.75, 3.05) is 12.4 Å². The Morgan fingerprint density at radius 1 is 1.40 bits per heavy atom. The van der Waals surface area contributed by atoms with E-state index in [0.29, 0.717) is 12.5 Å². The van der Waals surface area contributed by atoms with E-state index in [4.69, 9.17) is 0 Å². The summed E-state index contributed by atoms with van der Waals surface area (Å²) in [7, 11) is 1.79. The van der Waals surface area contributed by atoms with Gasteiger partial charge in [-0.2, -0.15) is 5.10 Å². The number of aryl methyl sites for hydroxylation is 1. The lowest BCUT2D eigenvalue weighted by atomic mass is 9.83. The summed E-state index contributed by atoms with van der Waals surface area (Å²) in [5.41, 5.74) is 3.52. The smallest absolute Gasteiger partial charge is 0.268 e. The second-order valence-electron chi connectivity index (χ2n) is 5.30. The van der Waals surface area contributed by atoms with Crippen LogP contribution in [0.3, 0.4) is 0 Å². The van der Waals surface area contributed by atoms with E-state index in [1.54, 1.807) is 24.0 Å². The third-order valence-electron chi connectivity index (χ3n) is 4.05. The molecule has 0 radical (unpaired) electrons. The third-order valence-corrected chi connectivity index (χ3v) is 4.05. The van der Waals surface area contributed by atoms with Crippen LogP contribution in [-0.2, 0) is 13.0 Å². The average Bonchev–Trinajstić information content (AvgIpc) is 2.49. The molecule has 3 rings (SSSR count). The molecule has 1 atom stereocenters. The molecular weight excluding hydrogens is 250 g/mol. The topological polar surface area (TPSA) is 46.9 Å². The molecule has 0 aliphatic heterocycles. The van der Waals surface area contributed by atoms with E-state index in [1.807, 2.05) is 0 Å². The molecule has 1 heterocycles. The second-order valence-corrected chi connectivity index (χ2v) is 5.30. The molecule has 0 amide bonds. The van der Waals surface area contributed by atoms with Gasteiger partial charge in [0.2, 0.25) is 0 Å². The molecule has 4 heteroatoms. The molecule has 0 spiro atoms. The molecule has 20 heavy (non-hydrogen) atoms. The highest BCUT2D eigenvalue weighted by Crippen LogP contribution is 2.32. The number of hydrogen-bond acceptors (Lipinski definition) is 3. The minimum Gasteiger partial charge on any atom is -0.387 e. The Kier molecular flexibility index (Phi) is 3.54. The van der Waals surface area contributed by atoms with Gasteiger partial charge in [0.1, 0.15) is 0 Å². The van der Waals surface area contributed by atoms with Crippen molar-refractivity contribution in [3.8, 4) is 0 Å². The molecule has 0 saturated heterocycles. The van der Waals surface area contributed by atoms with Gasteiger partial charge in [-0.3, -0.25) is 4.79 Å². The molecule has 0 saturated carbocycles. The minimum atomic E-state index is -0.0418. The van der Waals surface area contributed by atoms with Gasteiger partial charge in [0.05, 0.1) is 18.4 Å². The van der Waals surface area contributed by atoms with E-state index in [-0.39, 0.29) is 5.56 Å². The zero-order valence-electron chi connectivity index (χ0n) is 11.7. The van der Waals surface area contributed by atoms with Crippen molar-refractivity contribution < 1.29 is 0 Å². The van der Waals surface area contributed by atoms with Crippen molar-refractivity contribution in [2.45, 2.75) is 31.7 Å². The number of anilines is 1. The lowest BCUT2D eigenvalue weighted by molar-refractivity contribution is 0.444. The van der Waals surface area contributed by atoms with Crippen molar-refractivity contribution in [3.05, 3.63) is 58.0 Å². The SMILES string of the molecule is CNc1cnn(CC2CCCc3ccccc32)c(=O)c1. The third kappa shape index (κ3) is 2.46. The predicted molar refractivity (Wildman–Crippen MR) is 80.2 cm³/mol. The van der Waals surface area contributed by atoms with Crippen LogP contribution in [0, 0.1) is 0 Å². The Morgan fingerprint density at radius 2 is 2.25 bits per heavy atom. The number of fused-ring (bicyclic) bond motifs is 1. The fraction of sp³-hybridized carbons (Fsp3) is 0.375. The van der Waals surface area contributed by atoms with Gasteiger partial charge in [0, 0.05) is 19.0 Å². The van der Waals surface area contributed by atoms with Gasteiger partial charge in [-0.05, 0) is 30.4 Å². The van der Waals surface area contributed by atoms with Gasteiger partial charge in [-0.1, -0.05) is 24.3 Å². The molecule has 1 aliphatic carbocycles. The Labute approximate surface area is 118 Å². The Balaban J connectivity index is 1.88. The first-order valence-corrected chi connectivity index (χ1v) is 7.10. The summed E-state index contributed by atoms with van der Waals surface area (Å²) in [4.78, 5) is 12.0. The van der Waals surface area contributed by atoms with Crippen molar-refractivity contribution in [3.63, 3.8) is 0 Å². The number of rotatable bonds is 3. The van der Waals surface area contributed by atoms with Gasteiger partial charge in [-0.25, -0.2) is 4.68 Å². The number of aromatic nitrogens is 2. The molecule has 1 unspecified atom stereocenters. The first kappa shape index (κ1) is 12.9. The van der Waals surface area contributed by atoms with Crippen LogP contribution in [0.1, 0.15) is 29.9 Å². The van der Waals surface area contributed by atoms with Crippen LogP contribution in [0.25, 0.3) is 0 Å². The zero-order chi connectivity index (χ0) is 13.9. The molecule has 1 N–H and O–H groups in total.